The van der Waals surface area contributed by atoms with Crippen molar-refractivity contribution in [3.05, 3.63) is 0 Å². The quantitative estimate of drug-likeness (QED) is 0.577. The molecule has 3 N–H and O–H groups in total. The first-order valence-electron chi connectivity index (χ1n) is 12.7. The summed E-state index contributed by atoms with van der Waals surface area (Å²) >= 11 is 0. The lowest BCUT2D eigenvalue weighted by Gasteiger charge is -2.64. The lowest BCUT2D eigenvalue weighted by Crippen LogP contribution is -2.62. The summed E-state index contributed by atoms with van der Waals surface area (Å²) in [5.74, 6) is 2.58. The summed E-state index contributed by atoms with van der Waals surface area (Å²) in [7, 11) is 0. The summed E-state index contributed by atoms with van der Waals surface area (Å²) in [5, 5.41) is 31.3. The van der Waals surface area contributed by atoms with E-state index in [1.54, 1.807) is 0 Å². The minimum absolute atomic E-state index is 0.194. The van der Waals surface area contributed by atoms with E-state index in [9.17, 15) is 15.0 Å². The molecule has 0 heterocycles. The van der Waals surface area contributed by atoms with Gasteiger partial charge in [-0.05, 0) is 104 Å². The third kappa shape index (κ3) is 3.36. The summed E-state index contributed by atoms with van der Waals surface area (Å²) in [4.78, 5) is 11.1. The molecular weight excluding hydrogens is 376 g/mol. The first kappa shape index (κ1) is 22.6. The maximum atomic E-state index is 11.7. The second-order valence-corrected chi connectivity index (χ2v) is 12.0. The maximum Gasteiger partial charge on any atom is 0.303 e. The van der Waals surface area contributed by atoms with Gasteiger partial charge in [0, 0.05) is 6.42 Å². The fourth-order valence-corrected chi connectivity index (χ4v) is 9.48. The van der Waals surface area contributed by atoms with Gasteiger partial charge in [-0.3, -0.25) is 4.79 Å². The zero-order valence-electron chi connectivity index (χ0n) is 19.5. The molecule has 0 aromatic rings. The van der Waals surface area contributed by atoms with E-state index in [4.69, 9.17) is 5.11 Å². The summed E-state index contributed by atoms with van der Waals surface area (Å²) in [6, 6.07) is 0. The van der Waals surface area contributed by atoms with Crippen LogP contribution in [-0.4, -0.2) is 33.5 Å². The number of hydrogen-bond donors (Lipinski definition) is 3. The van der Waals surface area contributed by atoms with Crippen molar-refractivity contribution < 1.29 is 20.1 Å². The Kier molecular flexibility index (Phi) is 6.07. The van der Waals surface area contributed by atoms with E-state index in [0.29, 0.717) is 41.4 Å². The van der Waals surface area contributed by atoms with E-state index in [1.165, 1.54) is 25.7 Å². The molecule has 0 radical (unpaired) electrons. The number of carbonyl (C=O) groups is 1. The zero-order valence-corrected chi connectivity index (χ0v) is 19.5. The van der Waals surface area contributed by atoms with Crippen LogP contribution in [0.15, 0.2) is 0 Å². The minimum Gasteiger partial charge on any atom is -0.481 e. The van der Waals surface area contributed by atoms with Crippen molar-refractivity contribution in [2.75, 3.05) is 0 Å². The molecule has 0 aliphatic heterocycles. The maximum absolute atomic E-state index is 11.7. The Bertz CT molecular complexity index is 649. The van der Waals surface area contributed by atoms with Crippen LogP contribution in [0.2, 0.25) is 0 Å². The standard InChI is InChI=1S/C26H44O4/c1-5-17-21-14-16(27)10-12-26(21,4)20-11-13-25(3)18(15(2)6-9-22(28)29)7-8-19(25)23(20)24(17)30/h15-21,23-24,27,30H,5-14H2,1-4H3,(H,28,29)/t15-,16-,17-,18?,19+,20?,21+,23?,24-,25-,26-/m1/s1. The first-order valence-corrected chi connectivity index (χ1v) is 12.7. The van der Waals surface area contributed by atoms with Crippen LogP contribution in [0.25, 0.3) is 0 Å². The number of carboxylic acid groups (broad SMARTS) is 1. The number of aliphatic hydroxyl groups is 2. The summed E-state index contributed by atoms with van der Waals surface area (Å²) < 4.78 is 0. The van der Waals surface area contributed by atoms with Gasteiger partial charge < -0.3 is 15.3 Å². The zero-order chi connectivity index (χ0) is 21.8. The third-order valence-corrected chi connectivity index (χ3v) is 11.0. The average molecular weight is 421 g/mol. The first-order chi connectivity index (χ1) is 14.1. The average Bonchev–Trinajstić information content (AvgIpc) is 3.05. The van der Waals surface area contributed by atoms with Crippen LogP contribution in [0.1, 0.15) is 91.9 Å². The van der Waals surface area contributed by atoms with Crippen LogP contribution in [0.5, 0.6) is 0 Å². The van der Waals surface area contributed by atoms with E-state index in [2.05, 4.69) is 27.7 Å². The predicted octanol–water partition coefficient (Wildman–Crippen LogP) is 5.11. The SMILES string of the molecule is CC[C@H]1[C@@H](O)C2C(CC[C@]3(C)C([C@H](C)CCC(=O)O)CC[C@@H]23)[C@@]2(C)CC[C@@H](O)C[C@@H]12. The van der Waals surface area contributed by atoms with E-state index in [1.807, 2.05) is 0 Å². The molecule has 4 saturated carbocycles. The van der Waals surface area contributed by atoms with E-state index < -0.39 is 5.97 Å². The van der Waals surface area contributed by atoms with Gasteiger partial charge in [-0.1, -0.05) is 34.1 Å². The highest BCUT2D eigenvalue weighted by Crippen LogP contribution is 2.69. The lowest BCUT2D eigenvalue weighted by molar-refractivity contribution is -0.203. The molecule has 4 fully saturated rings. The normalized spacial score (nSPS) is 51.5. The number of hydrogen-bond acceptors (Lipinski definition) is 3. The molecule has 4 aliphatic rings. The molecule has 4 heteroatoms. The Balaban J connectivity index is 1.61. The van der Waals surface area contributed by atoms with Crippen molar-refractivity contribution in [3.8, 4) is 0 Å². The fourth-order valence-electron chi connectivity index (χ4n) is 9.48. The third-order valence-electron chi connectivity index (χ3n) is 11.0. The summed E-state index contributed by atoms with van der Waals surface area (Å²) in [5.41, 5.74) is 0.480. The van der Waals surface area contributed by atoms with Crippen molar-refractivity contribution >= 4 is 5.97 Å². The van der Waals surface area contributed by atoms with Gasteiger partial charge in [-0.15, -0.1) is 0 Å². The molecule has 4 rings (SSSR count). The van der Waals surface area contributed by atoms with E-state index in [-0.39, 0.29) is 29.5 Å². The molecule has 3 unspecified atom stereocenters. The van der Waals surface area contributed by atoms with Crippen LogP contribution in [0, 0.1) is 52.3 Å². The minimum atomic E-state index is -0.683. The van der Waals surface area contributed by atoms with Crippen molar-refractivity contribution in [2.24, 2.45) is 52.3 Å². The van der Waals surface area contributed by atoms with Crippen LogP contribution < -0.4 is 0 Å². The van der Waals surface area contributed by atoms with E-state index >= 15 is 0 Å². The number of rotatable bonds is 5. The van der Waals surface area contributed by atoms with Crippen molar-refractivity contribution in [2.45, 2.75) is 104 Å². The number of fused-ring (bicyclic) bond motifs is 5. The lowest BCUT2D eigenvalue weighted by atomic mass is 9.41. The molecule has 0 spiro atoms. The fraction of sp³-hybridized carbons (Fsp3) is 0.962. The number of carboxylic acids is 1. The molecule has 30 heavy (non-hydrogen) atoms. The molecule has 4 nitrogen and oxygen atoms in total. The van der Waals surface area contributed by atoms with Crippen LogP contribution in [-0.2, 0) is 4.79 Å². The van der Waals surface area contributed by atoms with E-state index in [0.717, 1.165) is 32.1 Å². The molecular formula is C26H44O4. The highest BCUT2D eigenvalue weighted by Gasteiger charge is 2.64. The van der Waals surface area contributed by atoms with Gasteiger partial charge in [0.2, 0.25) is 0 Å². The van der Waals surface area contributed by atoms with Gasteiger partial charge in [0.05, 0.1) is 12.2 Å². The smallest absolute Gasteiger partial charge is 0.303 e. The largest absolute Gasteiger partial charge is 0.481 e. The van der Waals surface area contributed by atoms with Crippen molar-refractivity contribution in [1.82, 2.24) is 0 Å². The Labute approximate surface area is 182 Å². The van der Waals surface area contributed by atoms with Gasteiger partial charge in [0.25, 0.3) is 0 Å². The molecule has 0 amide bonds. The highest BCUT2D eigenvalue weighted by molar-refractivity contribution is 5.66. The second kappa shape index (κ2) is 8.06. The van der Waals surface area contributed by atoms with Crippen LogP contribution >= 0.6 is 0 Å². The monoisotopic (exact) mass is 420 g/mol. The summed E-state index contributed by atoms with van der Waals surface area (Å²) in [6.45, 7) is 9.44. The highest BCUT2D eigenvalue weighted by atomic mass is 16.4. The molecule has 0 aromatic heterocycles. The Morgan fingerprint density at radius 3 is 2.33 bits per heavy atom. The van der Waals surface area contributed by atoms with Gasteiger partial charge in [0.15, 0.2) is 0 Å². The van der Waals surface area contributed by atoms with Crippen LogP contribution in [0.4, 0.5) is 0 Å². The van der Waals surface area contributed by atoms with Crippen LogP contribution in [0.3, 0.4) is 0 Å². The second-order valence-electron chi connectivity index (χ2n) is 12.0. The van der Waals surface area contributed by atoms with Crippen molar-refractivity contribution in [3.63, 3.8) is 0 Å². The Hall–Kier alpha value is -0.610. The predicted molar refractivity (Wildman–Crippen MR) is 118 cm³/mol. The molecule has 4 aliphatic carbocycles. The molecule has 0 aromatic carbocycles. The molecule has 11 atom stereocenters. The van der Waals surface area contributed by atoms with Crippen molar-refractivity contribution in [1.29, 1.82) is 0 Å². The topological polar surface area (TPSA) is 77.8 Å². The Morgan fingerprint density at radius 2 is 1.67 bits per heavy atom. The van der Waals surface area contributed by atoms with Gasteiger partial charge in [-0.2, -0.15) is 0 Å². The van der Waals surface area contributed by atoms with Gasteiger partial charge in [-0.25, -0.2) is 0 Å². The number of aliphatic carboxylic acids is 1. The Morgan fingerprint density at radius 1 is 1.00 bits per heavy atom. The molecule has 172 valence electrons. The molecule has 0 bridgehead atoms. The van der Waals surface area contributed by atoms with Gasteiger partial charge in [0.1, 0.15) is 0 Å². The number of aliphatic hydroxyl groups excluding tert-OH is 2. The van der Waals surface area contributed by atoms with Gasteiger partial charge >= 0.3 is 5.97 Å². The summed E-state index contributed by atoms with van der Waals surface area (Å²) in [6.07, 6.45) is 9.27. The molecule has 0 saturated heterocycles.